The van der Waals surface area contributed by atoms with Gasteiger partial charge in [0.1, 0.15) is 0 Å². The fraction of sp³-hybridized carbons (Fsp3) is 0.462. The molecule has 7 nitrogen and oxygen atoms in total. The summed E-state index contributed by atoms with van der Waals surface area (Å²) in [6.07, 6.45) is -1.43. The monoisotopic (exact) mass is 502 g/mol. The quantitative estimate of drug-likeness (QED) is 0.607. The highest BCUT2D eigenvalue weighted by molar-refractivity contribution is 5.89. The second-order valence-corrected chi connectivity index (χ2v) is 9.41. The molecule has 1 saturated carbocycles. The number of fused-ring (bicyclic) bond motifs is 1. The van der Waals surface area contributed by atoms with Crippen molar-refractivity contribution in [2.75, 3.05) is 33.1 Å². The predicted molar refractivity (Wildman–Crippen MR) is 128 cm³/mol. The van der Waals surface area contributed by atoms with Crippen LogP contribution < -0.4 is 20.1 Å². The van der Waals surface area contributed by atoms with E-state index in [0.29, 0.717) is 17.9 Å². The van der Waals surface area contributed by atoms with Crippen molar-refractivity contribution < 1.29 is 27.4 Å². The van der Waals surface area contributed by atoms with Gasteiger partial charge in [-0.1, -0.05) is 6.07 Å². The molecule has 36 heavy (non-hydrogen) atoms. The van der Waals surface area contributed by atoms with E-state index in [1.54, 1.807) is 14.2 Å². The maximum atomic E-state index is 13.3. The maximum Gasteiger partial charge on any atom is 0.417 e. The number of halogens is 3. The van der Waals surface area contributed by atoms with E-state index in [-0.39, 0.29) is 23.2 Å². The number of hydrogen-bond acceptors (Lipinski definition) is 5. The van der Waals surface area contributed by atoms with Crippen molar-refractivity contribution in [3.05, 3.63) is 53.1 Å². The van der Waals surface area contributed by atoms with Gasteiger partial charge < -0.3 is 25.0 Å². The molecule has 3 unspecified atom stereocenters. The van der Waals surface area contributed by atoms with E-state index >= 15 is 0 Å². The molecule has 2 N–H and O–H groups in total. The minimum Gasteiger partial charge on any atom is -0.493 e. The highest BCUT2D eigenvalue weighted by atomic mass is 19.4. The third-order valence-corrected chi connectivity index (χ3v) is 7.52. The van der Waals surface area contributed by atoms with Crippen molar-refractivity contribution >= 4 is 11.7 Å². The first-order chi connectivity index (χ1) is 17.1. The second-order valence-electron chi connectivity index (χ2n) is 9.41. The van der Waals surface area contributed by atoms with Gasteiger partial charge in [0.2, 0.25) is 0 Å². The van der Waals surface area contributed by atoms with Crippen molar-refractivity contribution in [2.45, 2.75) is 49.4 Å². The van der Waals surface area contributed by atoms with E-state index in [2.05, 4.69) is 28.6 Å². The largest absolute Gasteiger partial charge is 0.493 e. The summed E-state index contributed by atoms with van der Waals surface area (Å²) in [4.78, 5) is 15.0. The van der Waals surface area contributed by atoms with E-state index in [0.717, 1.165) is 37.9 Å². The van der Waals surface area contributed by atoms with E-state index in [4.69, 9.17) is 14.7 Å². The zero-order valence-electron chi connectivity index (χ0n) is 20.4. The van der Waals surface area contributed by atoms with Crippen molar-refractivity contribution in [1.29, 1.82) is 5.26 Å². The lowest BCUT2D eigenvalue weighted by molar-refractivity contribution is -0.137. The Labute approximate surface area is 208 Å². The van der Waals surface area contributed by atoms with Crippen LogP contribution in [0.3, 0.4) is 0 Å². The van der Waals surface area contributed by atoms with E-state index in [1.165, 1.54) is 17.7 Å². The molecule has 2 fully saturated rings. The van der Waals surface area contributed by atoms with Crippen LogP contribution >= 0.6 is 0 Å². The van der Waals surface area contributed by atoms with Crippen LogP contribution in [-0.2, 0) is 11.6 Å². The number of carbonyl (C=O) groups is 1. The fourth-order valence-corrected chi connectivity index (χ4v) is 5.70. The summed E-state index contributed by atoms with van der Waals surface area (Å²) in [5.41, 5.74) is -0.497. The number of nitriles is 1. The molecule has 1 aliphatic heterocycles. The third kappa shape index (κ3) is 4.80. The van der Waals surface area contributed by atoms with Crippen LogP contribution in [0.4, 0.5) is 23.7 Å². The summed E-state index contributed by atoms with van der Waals surface area (Å²) in [6.45, 7) is 0.920. The van der Waals surface area contributed by atoms with Gasteiger partial charge >= 0.3 is 12.2 Å². The topological polar surface area (TPSA) is 86.6 Å². The molecule has 1 heterocycles. The summed E-state index contributed by atoms with van der Waals surface area (Å²) < 4.78 is 50.7. The molecule has 2 aromatic carbocycles. The highest BCUT2D eigenvalue weighted by Crippen LogP contribution is 2.49. The number of likely N-dealkylation sites (N-methyl/N-ethyl adjacent to an activating group) is 1. The van der Waals surface area contributed by atoms with Crippen LogP contribution in [0.1, 0.15) is 42.4 Å². The lowest BCUT2D eigenvalue weighted by Gasteiger charge is -2.45. The Kier molecular flexibility index (Phi) is 7.05. The van der Waals surface area contributed by atoms with Crippen molar-refractivity contribution in [3.8, 4) is 17.6 Å². The number of nitrogens with one attached hydrogen (secondary N) is 2. The SMILES string of the molecule is COc1ccc(C23CCC(NC(=O)Nc4ccc(C#N)c(C(F)(F)F)c4)CC2N(C)CC3)cc1OC. The summed E-state index contributed by atoms with van der Waals surface area (Å²) >= 11 is 0. The standard InChI is InChI=1S/C26H29F3N4O3/c1-33-11-10-25(17-5-7-21(35-2)22(12-17)36-3)9-8-19(14-23(25)33)32-24(34)31-18-6-4-16(15-30)20(13-18)26(27,28)29/h4-7,12-13,19,23H,8-11,14H2,1-3H3,(H2,31,32,34). The number of alkyl halides is 3. The number of ether oxygens (including phenoxy) is 2. The number of carbonyl (C=O) groups excluding carboxylic acids is 1. The normalized spacial score (nSPS) is 23.9. The van der Waals surface area contributed by atoms with Crippen LogP contribution in [0.25, 0.3) is 0 Å². The van der Waals surface area contributed by atoms with E-state index < -0.39 is 23.3 Å². The Morgan fingerprint density at radius 1 is 1.14 bits per heavy atom. The molecule has 1 saturated heterocycles. The molecule has 1 aliphatic carbocycles. The smallest absolute Gasteiger partial charge is 0.417 e. The molecule has 2 amide bonds. The van der Waals surface area contributed by atoms with Crippen LogP contribution in [-0.4, -0.2) is 50.8 Å². The first-order valence-electron chi connectivity index (χ1n) is 11.7. The van der Waals surface area contributed by atoms with E-state index in [1.807, 2.05) is 12.1 Å². The van der Waals surface area contributed by atoms with Gasteiger partial charge in [0.25, 0.3) is 0 Å². The van der Waals surface area contributed by atoms with Gasteiger partial charge in [-0.25, -0.2) is 4.79 Å². The first-order valence-corrected chi connectivity index (χ1v) is 11.7. The summed E-state index contributed by atoms with van der Waals surface area (Å²) in [6, 6.07) is 10.2. The van der Waals surface area contributed by atoms with Crippen LogP contribution in [0.2, 0.25) is 0 Å². The number of urea groups is 1. The molecule has 10 heteroatoms. The zero-order chi connectivity index (χ0) is 26.1. The predicted octanol–water partition coefficient (Wildman–Crippen LogP) is 4.91. The summed E-state index contributed by atoms with van der Waals surface area (Å²) in [7, 11) is 5.29. The molecule has 3 atom stereocenters. The summed E-state index contributed by atoms with van der Waals surface area (Å²) in [5, 5.41) is 14.4. The lowest BCUT2D eigenvalue weighted by atomic mass is 9.65. The van der Waals surface area contributed by atoms with Gasteiger partial charge in [-0.3, -0.25) is 0 Å². The number of benzene rings is 2. The minimum atomic E-state index is -4.69. The molecule has 2 aromatic rings. The van der Waals surface area contributed by atoms with Gasteiger partial charge in [-0.2, -0.15) is 18.4 Å². The Bertz CT molecular complexity index is 1180. The van der Waals surface area contributed by atoms with Crippen LogP contribution in [0, 0.1) is 11.3 Å². The number of hydrogen-bond donors (Lipinski definition) is 2. The molecular formula is C26H29F3N4O3. The molecule has 0 radical (unpaired) electrons. The second kappa shape index (κ2) is 9.90. The molecule has 0 bridgehead atoms. The van der Waals surface area contributed by atoms with Crippen LogP contribution in [0.15, 0.2) is 36.4 Å². The van der Waals surface area contributed by atoms with Gasteiger partial charge in [0, 0.05) is 23.2 Å². The average Bonchev–Trinajstić information content (AvgIpc) is 3.19. The van der Waals surface area contributed by atoms with Crippen molar-refractivity contribution in [3.63, 3.8) is 0 Å². The minimum absolute atomic E-state index is 0.0210. The van der Waals surface area contributed by atoms with Gasteiger partial charge in [-0.15, -0.1) is 0 Å². The molecule has 2 aliphatic rings. The van der Waals surface area contributed by atoms with Crippen molar-refractivity contribution in [2.24, 2.45) is 0 Å². The lowest BCUT2D eigenvalue weighted by Crippen LogP contribution is -2.52. The number of amides is 2. The van der Waals surface area contributed by atoms with Gasteiger partial charge in [0.15, 0.2) is 11.5 Å². The number of likely N-dealkylation sites (tertiary alicyclic amines) is 1. The molecule has 0 spiro atoms. The molecule has 192 valence electrons. The van der Waals surface area contributed by atoms with Crippen LogP contribution in [0.5, 0.6) is 11.5 Å². The number of rotatable bonds is 5. The fourth-order valence-electron chi connectivity index (χ4n) is 5.70. The number of nitrogens with zero attached hydrogens (tertiary/aromatic N) is 2. The maximum absolute atomic E-state index is 13.3. The van der Waals surface area contributed by atoms with Gasteiger partial charge in [-0.05, 0) is 75.2 Å². The molecule has 4 rings (SSSR count). The Morgan fingerprint density at radius 3 is 2.56 bits per heavy atom. The van der Waals surface area contributed by atoms with E-state index in [9.17, 15) is 18.0 Å². The zero-order valence-corrected chi connectivity index (χ0v) is 20.4. The Balaban J connectivity index is 1.47. The average molecular weight is 503 g/mol. The van der Waals surface area contributed by atoms with Crippen molar-refractivity contribution in [1.82, 2.24) is 10.2 Å². The third-order valence-electron chi connectivity index (χ3n) is 7.52. The summed E-state index contributed by atoms with van der Waals surface area (Å²) in [5.74, 6) is 1.35. The highest BCUT2D eigenvalue weighted by Gasteiger charge is 2.50. The Hall–Kier alpha value is -3.45. The number of methoxy groups -OCH3 is 2. The first kappa shape index (κ1) is 25.6. The number of anilines is 1. The Morgan fingerprint density at radius 2 is 1.89 bits per heavy atom. The van der Waals surface area contributed by atoms with Gasteiger partial charge in [0.05, 0.1) is 31.4 Å². The molecule has 0 aromatic heterocycles. The molecular weight excluding hydrogens is 473 g/mol.